The SMILES string of the molecule is O=C(O)CC(C(=O)O)[C@@]1(O)CO[C@@H]2[C@H](O)CO[C@@H]21. The van der Waals surface area contributed by atoms with Gasteiger partial charge in [0.2, 0.25) is 0 Å². The second kappa shape index (κ2) is 4.47. The molecule has 0 aliphatic carbocycles. The Morgan fingerprint density at radius 3 is 2.56 bits per heavy atom. The number of carboxylic acids is 2. The van der Waals surface area contributed by atoms with Gasteiger partial charge in [-0.3, -0.25) is 9.59 Å². The Balaban J connectivity index is 2.23. The van der Waals surface area contributed by atoms with Crippen LogP contribution in [0.4, 0.5) is 0 Å². The lowest BCUT2D eigenvalue weighted by atomic mass is 9.81. The van der Waals surface area contributed by atoms with Crippen molar-refractivity contribution < 1.29 is 39.5 Å². The lowest BCUT2D eigenvalue weighted by molar-refractivity contribution is -0.168. The zero-order valence-electron chi connectivity index (χ0n) is 9.35. The largest absolute Gasteiger partial charge is 0.481 e. The van der Waals surface area contributed by atoms with Crippen LogP contribution in [-0.2, 0) is 19.1 Å². The molecule has 0 radical (unpaired) electrons. The van der Waals surface area contributed by atoms with Crippen molar-refractivity contribution in [3.05, 3.63) is 0 Å². The highest BCUT2D eigenvalue weighted by Crippen LogP contribution is 2.40. The van der Waals surface area contributed by atoms with Crippen molar-refractivity contribution in [1.82, 2.24) is 0 Å². The predicted molar refractivity (Wildman–Crippen MR) is 53.8 cm³/mol. The fourth-order valence-corrected chi connectivity index (χ4v) is 2.48. The average molecular weight is 262 g/mol. The Labute approximate surface area is 102 Å². The van der Waals surface area contributed by atoms with Crippen LogP contribution in [0.1, 0.15) is 6.42 Å². The number of aliphatic hydroxyl groups is 2. The Kier molecular flexibility index (Phi) is 3.28. The van der Waals surface area contributed by atoms with Crippen molar-refractivity contribution in [1.29, 1.82) is 0 Å². The van der Waals surface area contributed by atoms with Crippen molar-refractivity contribution in [3.63, 3.8) is 0 Å². The summed E-state index contributed by atoms with van der Waals surface area (Å²) in [4.78, 5) is 21.8. The first kappa shape index (κ1) is 13.2. The molecule has 0 saturated carbocycles. The van der Waals surface area contributed by atoms with Crippen molar-refractivity contribution in [2.45, 2.75) is 30.3 Å². The Hall–Kier alpha value is -1.22. The molecule has 2 heterocycles. The number of hydrogen-bond donors (Lipinski definition) is 4. The molecule has 5 atom stereocenters. The summed E-state index contributed by atoms with van der Waals surface area (Å²) < 4.78 is 10.3. The van der Waals surface area contributed by atoms with Crippen LogP contribution in [-0.4, -0.2) is 69.5 Å². The van der Waals surface area contributed by atoms with Crippen LogP contribution in [0.15, 0.2) is 0 Å². The summed E-state index contributed by atoms with van der Waals surface area (Å²) in [5.74, 6) is -4.32. The van der Waals surface area contributed by atoms with E-state index in [0.29, 0.717) is 0 Å². The molecule has 0 amide bonds. The molecule has 1 unspecified atom stereocenters. The standard InChI is InChI=1S/C10H14O8/c11-5-2-17-8-7(5)18-3-10(8,16)4(9(14)15)1-6(12)13/h4-5,7-8,11,16H,1-3H2,(H,12,13)(H,14,15)/t4?,5-,7-,8+,10+/m1/s1. The Morgan fingerprint density at radius 1 is 1.33 bits per heavy atom. The summed E-state index contributed by atoms with van der Waals surface area (Å²) in [6.45, 7) is -0.444. The highest BCUT2D eigenvalue weighted by atomic mass is 16.6. The van der Waals surface area contributed by atoms with E-state index < -0.39 is 48.2 Å². The first-order valence-corrected chi connectivity index (χ1v) is 5.44. The molecule has 4 N–H and O–H groups in total. The fourth-order valence-electron chi connectivity index (χ4n) is 2.48. The third-order valence-electron chi connectivity index (χ3n) is 3.40. The van der Waals surface area contributed by atoms with Gasteiger partial charge in [0.1, 0.15) is 29.8 Å². The number of carboxylic acid groups (broad SMARTS) is 2. The third kappa shape index (κ3) is 1.97. The van der Waals surface area contributed by atoms with Crippen LogP contribution in [0.2, 0.25) is 0 Å². The molecule has 0 bridgehead atoms. The number of rotatable bonds is 4. The van der Waals surface area contributed by atoms with Gasteiger partial charge in [0.15, 0.2) is 0 Å². The van der Waals surface area contributed by atoms with E-state index in [0.717, 1.165) is 0 Å². The van der Waals surface area contributed by atoms with E-state index in [1.54, 1.807) is 0 Å². The van der Waals surface area contributed by atoms with Crippen LogP contribution in [0.3, 0.4) is 0 Å². The number of hydrogen-bond acceptors (Lipinski definition) is 6. The maximum absolute atomic E-state index is 11.1. The summed E-state index contributed by atoms with van der Waals surface area (Å²) in [7, 11) is 0. The molecule has 2 rings (SSSR count). The molecule has 8 heteroatoms. The van der Waals surface area contributed by atoms with E-state index in [2.05, 4.69) is 0 Å². The van der Waals surface area contributed by atoms with E-state index >= 15 is 0 Å². The molecule has 2 fully saturated rings. The first-order chi connectivity index (χ1) is 8.36. The second-order valence-corrected chi connectivity index (χ2v) is 4.58. The summed E-state index contributed by atoms with van der Waals surface area (Å²) in [5, 5.41) is 37.6. The van der Waals surface area contributed by atoms with E-state index in [1.807, 2.05) is 0 Å². The molecule has 2 aliphatic rings. The third-order valence-corrected chi connectivity index (χ3v) is 3.40. The zero-order chi connectivity index (χ0) is 13.5. The lowest BCUT2D eigenvalue weighted by Crippen LogP contribution is -2.53. The highest BCUT2D eigenvalue weighted by molar-refractivity contribution is 5.79. The summed E-state index contributed by atoms with van der Waals surface area (Å²) in [6, 6.07) is 0. The van der Waals surface area contributed by atoms with Crippen LogP contribution < -0.4 is 0 Å². The minimum absolute atomic E-state index is 0.0724. The molecule has 0 spiro atoms. The first-order valence-electron chi connectivity index (χ1n) is 5.44. The zero-order valence-corrected chi connectivity index (χ0v) is 9.35. The van der Waals surface area contributed by atoms with Crippen molar-refractivity contribution in [3.8, 4) is 0 Å². The van der Waals surface area contributed by atoms with Gasteiger partial charge in [-0.05, 0) is 0 Å². The number of aliphatic carboxylic acids is 2. The van der Waals surface area contributed by atoms with E-state index in [9.17, 15) is 19.8 Å². The molecule has 0 aromatic carbocycles. The molecule has 0 aromatic rings. The summed E-state index contributed by atoms with van der Waals surface area (Å²) in [5.41, 5.74) is -1.94. The summed E-state index contributed by atoms with van der Waals surface area (Å²) in [6.07, 6.45) is -3.51. The average Bonchev–Trinajstić information content (AvgIpc) is 2.79. The fraction of sp³-hybridized carbons (Fsp3) is 0.800. The van der Waals surface area contributed by atoms with E-state index in [-0.39, 0.29) is 13.2 Å². The number of aliphatic hydroxyl groups excluding tert-OH is 1. The molecular formula is C10H14O8. The van der Waals surface area contributed by atoms with Gasteiger partial charge in [-0.2, -0.15) is 0 Å². The normalized spacial score (nSPS) is 40.4. The van der Waals surface area contributed by atoms with Gasteiger partial charge in [-0.25, -0.2) is 0 Å². The van der Waals surface area contributed by atoms with Crippen molar-refractivity contribution in [2.24, 2.45) is 5.92 Å². The van der Waals surface area contributed by atoms with E-state index in [1.165, 1.54) is 0 Å². The smallest absolute Gasteiger partial charge is 0.310 e. The van der Waals surface area contributed by atoms with Gasteiger partial charge in [0, 0.05) is 0 Å². The van der Waals surface area contributed by atoms with Gasteiger partial charge in [0.25, 0.3) is 0 Å². The second-order valence-electron chi connectivity index (χ2n) is 4.58. The maximum atomic E-state index is 11.1. The monoisotopic (exact) mass is 262 g/mol. The van der Waals surface area contributed by atoms with E-state index in [4.69, 9.17) is 19.7 Å². The minimum atomic E-state index is -1.94. The minimum Gasteiger partial charge on any atom is -0.481 e. The molecular weight excluding hydrogens is 248 g/mol. The van der Waals surface area contributed by atoms with Gasteiger partial charge < -0.3 is 29.9 Å². The topological polar surface area (TPSA) is 134 Å². The Morgan fingerprint density at radius 2 is 2.00 bits per heavy atom. The highest BCUT2D eigenvalue weighted by Gasteiger charge is 2.61. The number of ether oxygens (including phenoxy) is 2. The molecule has 18 heavy (non-hydrogen) atoms. The van der Waals surface area contributed by atoms with Gasteiger partial charge >= 0.3 is 11.9 Å². The van der Waals surface area contributed by atoms with Gasteiger partial charge in [-0.15, -0.1) is 0 Å². The maximum Gasteiger partial charge on any atom is 0.310 e. The molecule has 2 saturated heterocycles. The molecule has 102 valence electrons. The van der Waals surface area contributed by atoms with Crippen LogP contribution in [0.25, 0.3) is 0 Å². The predicted octanol–water partition coefficient (Wildman–Crippen LogP) is -1.95. The van der Waals surface area contributed by atoms with Crippen molar-refractivity contribution >= 4 is 11.9 Å². The molecule has 0 aromatic heterocycles. The number of carbonyl (C=O) groups is 2. The van der Waals surface area contributed by atoms with Gasteiger partial charge in [0.05, 0.1) is 19.6 Å². The van der Waals surface area contributed by atoms with Crippen LogP contribution >= 0.6 is 0 Å². The Bertz CT molecular complexity index is 369. The molecule has 8 nitrogen and oxygen atoms in total. The number of fused-ring (bicyclic) bond motifs is 1. The van der Waals surface area contributed by atoms with Gasteiger partial charge in [-0.1, -0.05) is 0 Å². The molecule has 2 aliphatic heterocycles. The van der Waals surface area contributed by atoms with Crippen LogP contribution in [0.5, 0.6) is 0 Å². The van der Waals surface area contributed by atoms with Crippen molar-refractivity contribution in [2.75, 3.05) is 13.2 Å². The van der Waals surface area contributed by atoms with Crippen LogP contribution in [0, 0.1) is 5.92 Å². The lowest BCUT2D eigenvalue weighted by Gasteiger charge is -2.31. The summed E-state index contributed by atoms with van der Waals surface area (Å²) >= 11 is 0. The quantitative estimate of drug-likeness (QED) is 0.459.